The highest BCUT2D eigenvalue weighted by molar-refractivity contribution is 6.11. The maximum atomic E-state index is 14.7. The van der Waals surface area contributed by atoms with Crippen molar-refractivity contribution in [3.63, 3.8) is 0 Å². The lowest BCUT2D eigenvalue weighted by atomic mass is 9.88. The number of pyridine rings is 1. The number of imidazole rings is 1. The number of alkyl halides is 3. The van der Waals surface area contributed by atoms with Crippen molar-refractivity contribution in [1.29, 1.82) is 0 Å². The lowest BCUT2D eigenvalue weighted by molar-refractivity contribution is -0.136. The average molecular weight is 577 g/mol. The molecule has 7 aromatic rings. The number of nitrogens with zero attached hydrogens (tertiary/aromatic N) is 4. The molecule has 0 aliphatic rings. The predicted octanol–water partition coefficient (Wildman–Crippen LogP) is 9.63. The molecule has 3 heterocycles. The van der Waals surface area contributed by atoms with Crippen LogP contribution in [-0.4, -0.2) is 19.1 Å². The van der Waals surface area contributed by atoms with E-state index in [9.17, 15) is 13.2 Å². The molecule has 7 rings (SSSR count). The van der Waals surface area contributed by atoms with Gasteiger partial charge in [-0.2, -0.15) is 13.2 Å². The normalized spacial score (nSPS) is 12.4. The molecule has 4 aromatic carbocycles. The molecule has 0 radical (unpaired) electrons. The Morgan fingerprint density at radius 3 is 2.26 bits per heavy atom. The van der Waals surface area contributed by atoms with Crippen molar-refractivity contribution in [2.24, 2.45) is 0 Å². The summed E-state index contributed by atoms with van der Waals surface area (Å²) in [7, 11) is 0. The van der Waals surface area contributed by atoms with Crippen LogP contribution in [0.15, 0.2) is 110 Å². The fourth-order valence-corrected chi connectivity index (χ4v) is 5.60. The fraction of sp³-hybridized carbons (Fsp3) is 0.143. The second-order valence-corrected chi connectivity index (χ2v) is 11.6. The first-order valence-corrected chi connectivity index (χ1v) is 13.9. The van der Waals surface area contributed by atoms with Gasteiger partial charge in [-0.3, -0.25) is 9.13 Å². The second kappa shape index (κ2) is 9.73. The van der Waals surface area contributed by atoms with Gasteiger partial charge in [0.1, 0.15) is 23.6 Å². The molecule has 5 nitrogen and oxygen atoms in total. The van der Waals surface area contributed by atoms with Crippen LogP contribution in [0.5, 0.6) is 11.5 Å². The molecule has 214 valence electrons. The Morgan fingerprint density at radius 1 is 0.698 bits per heavy atom. The van der Waals surface area contributed by atoms with Crippen LogP contribution in [0.3, 0.4) is 0 Å². The molecular formula is C35H27F3N4O. The lowest BCUT2D eigenvalue weighted by Gasteiger charge is -2.20. The summed E-state index contributed by atoms with van der Waals surface area (Å²) in [4.78, 5) is 9.05. The first-order chi connectivity index (χ1) is 20.6. The van der Waals surface area contributed by atoms with E-state index in [2.05, 4.69) is 30.7 Å². The van der Waals surface area contributed by atoms with E-state index in [1.807, 2.05) is 65.2 Å². The lowest BCUT2D eigenvalue weighted by Crippen LogP contribution is -2.12. The van der Waals surface area contributed by atoms with Crippen molar-refractivity contribution in [3.05, 3.63) is 121 Å². The summed E-state index contributed by atoms with van der Waals surface area (Å²) < 4.78 is 54.0. The summed E-state index contributed by atoms with van der Waals surface area (Å²) in [5, 5.41) is 0.602. The Balaban J connectivity index is 1.42. The molecule has 0 saturated heterocycles. The summed E-state index contributed by atoms with van der Waals surface area (Å²) in [5.74, 6) is 1.01. The molecule has 0 bridgehead atoms. The van der Waals surface area contributed by atoms with Gasteiger partial charge in [-0.25, -0.2) is 9.97 Å². The van der Waals surface area contributed by atoms with Gasteiger partial charge in [-0.05, 0) is 59.5 Å². The first kappa shape index (κ1) is 26.8. The monoisotopic (exact) mass is 576 g/mol. The molecule has 0 fully saturated rings. The Bertz CT molecular complexity index is 2150. The molecule has 43 heavy (non-hydrogen) atoms. The molecule has 0 saturated carbocycles. The number of fused-ring (bicyclic) bond motifs is 4. The highest BCUT2D eigenvalue weighted by atomic mass is 19.4. The van der Waals surface area contributed by atoms with Crippen molar-refractivity contribution in [2.75, 3.05) is 0 Å². The smallest absolute Gasteiger partial charge is 0.417 e. The molecule has 0 aliphatic carbocycles. The van der Waals surface area contributed by atoms with E-state index in [1.54, 1.807) is 47.4 Å². The van der Waals surface area contributed by atoms with Gasteiger partial charge in [0.05, 0.1) is 33.3 Å². The topological polar surface area (TPSA) is 44.9 Å². The summed E-state index contributed by atoms with van der Waals surface area (Å²) in [6.45, 7) is 6.27. The minimum absolute atomic E-state index is 0.0727. The maximum Gasteiger partial charge on any atom is 0.417 e. The zero-order valence-corrected chi connectivity index (χ0v) is 23.7. The van der Waals surface area contributed by atoms with Crippen LogP contribution in [-0.2, 0) is 11.6 Å². The third-order valence-electron chi connectivity index (χ3n) is 7.68. The fourth-order valence-electron chi connectivity index (χ4n) is 5.60. The molecule has 0 spiro atoms. The number of hydrogen-bond acceptors (Lipinski definition) is 3. The van der Waals surface area contributed by atoms with Crippen molar-refractivity contribution in [3.8, 4) is 23.0 Å². The minimum atomic E-state index is -4.62. The van der Waals surface area contributed by atoms with E-state index in [-0.39, 0.29) is 16.6 Å². The predicted molar refractivity (Wildman–Crippen MR) is 163 cm³/mol. The minimum Gasteiger partial charge on any atom is -0.457 e. The van der Waals surface area contributed by atoms with Gasteiger partial charge in [0.2, 0.25) is 0 Å². The average Bonchev–Trinajstić information content (AvgIpc) is 3.55. The molecular weight excluding hydrogens is 549 g/mol. The molecule has 0 unspecified atom stereocenters. The molecule has 0 N–H and O–H groups in total. The Morgan fingerprint density at radius 2 is 1.47 bits per heavy atom. The van der Waals surface area contributed by atoms with Gasteiger partial charge >= 0.3 is 6.18 Å². The van der Waals surface area contributed by atoms with Gasteiger partial charge in [-0.1, -0.05) is 57.2 Å². The van der Waals surface area contributed by atoms with E-state index in [0.717, 1.165) is 28.4 Å². The number of para-hydroxylation sites is 3. The Kier molecular flexibility index (Phi) is 6.06. The zero-order valence-electron chi connectivity index (χ0n) is 23.7. The third kappa shape index (κ3) is 4.69. The number of benzene rings is 4. The van der Waals surface area contributed by atoms with E-state index in [0.29, 0.717) is 28.0 Å². The van der Waals surface area contributed by atoms with Gasteiger partial charge in [-0.15, -0.1) is 0 Å². The summed E-state index contributed by atoms with van der Waals surface area (Å²) >= 11 is 0. The first-order valence-electron chi connectivity index (χ1n) is 13.9. The summed E-state index contributed by atoms with van der Waals surface area (Å²) in [6.07, 6.45) is -1.20. The highest BCUT2D eigenvalue weighted by Gasteiger charge is 2.35. The molecule has 0 atom stereocenters. The van der Waals surface area contributed by atoms with Crippen LogP contribution in [0.1, 0.15) is 31.9 Å². The molecule has 0 aliphatic heterocycles. The van der Waals surface area contributed by atoms with Crippen LogP contribution in [0, 0.1) is 0 Å². The summed E-state index contributed by atoms with van der Waals surface area (Å²) in [5.41, 5.74) is 3.61. The van der Waals surface area contributed by atoms with E-state index in [4.69, 9.17) is 4.74 Å². The number of ether oxygens (including phenoxy) is 1. The molecule has 3 aromatic heterocycles. The quantitative estimate of drug-likeness (QED) is 0.210. The van der Waals surface area contributed by atoms with Gasteiger partial charge < -0.3 is 4.74 Å². The van der Waals surface area contributed by atoms with Crippen molar-refractivity contribution in [2.45, 2.75) is 32.4 Å². The van der Waals surface area contributed by atoms with Crippen LogP contribution in [0.2, 0.25) is 0 Å². The standard InChI is InChI=1S/C35H27F3N4O/c1-34(2,3)22-15-16-39-32(17-22)42-29-13-6-4-11-26(29)33-27(35(36,37)38)19-25(20-31(33)42)43-24-10-8-9-23(18-24)41-21-40-28-12-5-7-14-30(28)41/h4-21H,1-3H3. The van der Waals surface area contributed by atoms with Gasteiger partial charge in [0.15, 0.2) is 0 Å². The molecule has 0 amide bonds. The number of hydrogen-bond donors (Lipinski definition) is 0. The second-order valence-electron chi connectivity index (χ2n) is 11.6. The number of rotatable bonds is 4. The van der Waals surface area contributed by atoms with Crippen LogP contribution < -0.4 is 4.74 Å². The Labute approximate surface area is 245 Å². The largest absolute Gasteiger partial charge is 0.457 e. The number of halogens is 3. The number of aromatic nitrogens is 4. The molecule has 8 heteroatoms. The van der Waals surface area contributed by atoms with Crippen LogP contribution >= 0.6 is 0 Å². The SMILES string of the molecule is CC(C)(C)c1ccnc(-n2c3ccccc3c3c(C(F)(F)F)cc(Oc4cccc(-n5cnc6ccccc65)c4)cc32)c1. The van der Waals surface area contributed by atoms with Gasteiger partial charge in [0, 0.05) is 29.1 Å². The van der Waals surface area contributed by atoms with E-state index < -0.39 is 11.7 Å². The van der Waals surface area contributed by atoms with Crippen LogP contribution in [0.4, 0.5) is 13.2 Å². The van der Waals surface area contributed by atoms with Crippen molar-refractivity contribution in [1.82, 2.24) is 19.1 Å². The maximum absolute atomic E-state index is 14.7. The third-order valence-corrected chi connectivity index (χ3v) is 7.68. The van der Waals surface area contributed by atoms with Crippen molar-refractivity contribution < 1.29 is 17.9 Å². The van der Waals surface area contributed by atoms with E-state index >= 15 is 0 Å². The van der Waals surface area contributed by atoms with Gasteiger partial charge in [0.25, 0.3) is 0 Å². The van der Waals surface area contributed by atoms with Crippen molar-refractivity contribution >= 4 is 32.8 Å². The highest BCUT2D eigenvalue weighted by Crippen LogP contribution is 2.44. The zero-order chi connectivity index (χ0) is 29.9. The van der Waals surface area contributed by atoms with Crippen LogP contribution in [0.25, 0.3) is 44.3 Å². The van der Waals surface area contributed by atoms with E-state index in [1.165, 1.54) is 0 Å². The summed E-state index contributed by atoms with van der Waals surface area (Å²) in [6, 6.07) is 28.7. The Hall–Kier alpha value is -5.11.